The zero-order chi connectivity index (χ0) is 19.3. The summed E-state index contributed by atoms with van der Waals surface area (Å²) in [4.78, 5) is 0. The van der Waals surface area contributed by atoms with Crippen molar-refractivity contribution in [2.45, 2.75) is 39.0 Å². The average molecular weight is 365 g/mol. The van der Waals surface area contributed by atoms with Crippen LogP contribution in [0.15, 0.2) is 85.5 Å². The molecule has 0 atom stereocenters. The standard InChI is InChI=1S/C28H28/c1-3-21(2)27-12-8-7-11-25(27)19-23-14-18-28-24(16-17-26(28)20-23)15-13-22-9-5-4-6-10-22/h4-12,14,16,18,20H,2-3,13,15,17,19H2,1H3. The van der Waals surface area contributed by atoms with Crippen LogP contribution in [0.3, 0.4) is 0 Å². The Kier molecular flexibility index (Phi) is 5.58. The Labute approximate surface area is 169 Å². The van der Waals surface area contributed by atoms with Gasteiger partial charge in [0.05, 0.1) is 0 Å². The molecule has 28 heavy (non-hydrogen) atoms. The monoisotopic (exact) mass is 364 g/mol. The van der Waals surface area contributed by atoms with Crippen molar-refractivity contribution in [2.24, 2.45) is 0 Å². The minimum atomic E-state index is 0.974. The van der Waals surface area contributed by atoms with Crippen molar-refractivity contribution in [2.75, 3.05) is 0 Å². The van der Waals surface area contributed by atoms with E-state index in [2.05, 4.69) is 92.4 Å². The first kappa shape index (κ1) is 18.5. The quantitative estimate of drug-likeness (QED) is 0.413. The van der Waals surface area contributed by atoms with Gasteiger partial charge in [-0.1, -0.05) is 92.4 Å². The van der Waals surface area contributed by atoms with Crippen LogP contribution in [0.5, 0.6) is 0 Å². The Bertz CT molecular complexity index is 1010. The fourth-order valence-corrected chi connectivity index (χ4v) is 4.17. The molecule has 0 unspecified atom stereocenters. The molecule has 1 aliphatic carbocycles. The first-order valence-corrected chi connectivity index (χ1v) is 10.4. The Hall–Kier alpha value is -2.86. The lowest BCUT2D eigenvalue weighted by atomic mass is 9.92. The molecular formula is C28H28. The summed E-state index contributed by atoms with van der Waals surface area (Å²) in [5.74, 6) is 0. The van der Waals surface area contributed by atoms with E-state index in [4.69, 9.17) is 0 Å². The average Bonchev–Trinajstić information content (AvgIpc) is 3.15. The number of fused-ring (bicyclic) bond motifs is 1. The first-order valence-electron chi connectivity index (χ1n) is 10.4. The molecular weight excluding hydrogens is 336 g/mol. The van der Waals surface area contributed by atoms with Crippen LogP contribution in [0.1, 0.15) is 53.1 Å². The number of hydrogen-bond donors (Lipinski definition) is 0. The predicted octanol–water partition coefficient (Wildman–Crippen LogP) is 7.27. The molecule has 0 bridgehead atoms. The number of benzene rings is 3. The summed E-state index contributed by atoms with van der Waals surface area (Å²) >= 11 is 0. The molecule has 1 aliphatic rings. The third-order valence-corrected chi connectivity index (χ3v) is 5.83. The van der Waals surface area contributed by atoms with Gasteiger partial charge in [0.25, 0.3) is 0 Å². The maximum absolute atomic E-state index is 4.25. The summed E-state index contributed by atoms with van der Waals surface area (Å²) < 4.78 is 0. The van der Waals surface area contributed by atoms with Crippen molar-refractivity contribution < 1.29 is 0 Å². The van der Waals surface area contributed by atoms with Crippen LogP contribution in [-0.4, -0.2) is 0 Å². The molecule has 0 radical (unpaired) electrons. The van der Waals surface area contributed by atoms with E-state index in [0.717, 1.165) is 32.1 Å². The minimum absolute atomic E-state index is 0.974. The van der Waals surface area contributed by atoms with E-state index < -0.39 is 0 Å². The van der Waals surface area contributed by atoms with E-state index >= 15 is 0 Å². The summed E-state index contributed by atoms with van der Waals surface area (Å²) in [5.41, 5.74) is 11.2. The fraction of sp³-hybridized carbons (Fsp3) is 0.214. The summed E-state index contributed by atoms with van der Waals surface area (Å²) in [7, 11) is 0. The smallest absolute Gasteiger partial charge is 0.00196 e. The summed E-state index contributed by atoms with van der Waals surface area (Å²) in [6.07, 6.45) is 7.69. The first-order chi connectivity index (χ1) is 13.7. The van der Waals surface area contributed by atoms with Gasteiger partial charge in [0.1, 0.15) is 0 Å². The van der Waals surface area contributed by atoms with Gasteiger partial charge >= 0.3 is 0 Å². The highest BCUT2D eigenvalue weighted by Crippen LogP contribution is 2.32. The van der Waals surface area contributed by atoms with Gasteiger partial charge in [-0.3, -0.25) is 0 Å². The highest BCUT2D eigenvalue weighted by Gasteiger charge is 2.15. The van der Waals surface area contributed by atoms with E-state index in [1.54, 1.807) is 0 Å². The van der Waals surface area contributed by atoms with E-state index in [-0.39, 0.29) is 0 Å². The molecule has 4 rings (SSSR count). The van der Waals surface area contributed by atoms with Crippen molar-refractivity contribution >= 4 is 11.1 Å². The van der Waals surface area contributed by atoms with Crippen LogP contribution >= 0.6 is 0 Å². The van der Waals surface area contributed by atoms with Gasteiger partial charge in [-0.15, -0.1) is 0 Å². The molecule has 0 heterocycles. The number of hydrogen-bond acceptors (Lipinski definition) is 0. The van der Waals surface area contributed by atoms with Gasteiger partial charge in [-0.25, -0.2) is 0 Å². The van der Waals surface area contributed by atoms with Crippen LogP contribution in [0, 0.1) is 0 Å². The summed E-state index contributed by atoms with van der Waals surface area (Å²) in [6, 6.07) is 26.6. The van der Waals surface area contributed by atoms with Crippen LogP contribution in [0.4, 0.5) is 0 Å². The Balaban J connectivity index is 1.48. The molecule has 0 N–H and O–H groups in total. The van der Waals surface area contributed by atoms with Crippen LogP contribution in [0.2, 0.25) is 0 Å². The summed E-state index contributed by atoms with van der Waals surface area (Å²) in [5, 5.41) is 0. The zero-order valence-electron chi connectivity index (χ0n) is 16.7. The molecule has 0 aromatic heterocycles. The largest absolute Gasteiger partial charge is 0.0952 e. The lowest BCUT2D eigenvalue weighted by molar-refractivity contribution is 1.02. The lowest BCUT2D eigenvalue weighted by Gasteiger charge is -2.13. The molecule has 3 aromatic carbocycles. The SMILES string of the molecule is C=C(CC)c1ccccc1Cc1ccc2c(c1)CC=C2CCc1ccccc1. The Morgan fingerprint density at radius 1 is 0.857 bits per heavy atom. The Morgan fingerprint density at radius 3 is 2.46 bits per heavy atom. The molecule has 0 saturated carbocycles. The van der Waals surface area contributed by atoms with Crippen LogP contribution in [-0.2, 0) is 19.3 Å². The number of rotatable bonds is 7. The third-order valence-electron chi connectivity index (χ3n) is 5.83. The van der Waals surface area contributed by atoms with Gasteiger partial charge in [-0.2, -0.15) is 0 Å². The second-order valence-corrected chi connectivity index (χ2v) is 7.70. The fourth-order valence-electron chi connectivity index (χ4n) is 4.17. The van der Waals surface area contributed by atoms with E-state index in [9.17, 15) is 0 Å². The normalized spacial score (nSPS) is 12.5. The maximum Gasteiger partial charge on any atom is -0.00196 e. The topological polar surface area (TPSA) is 0 Å². The van der Waals surface area contributed by atoms with Crippen molar-refractivity contribution in [3.05, 3.63) is 119 Å². The van der Waals surface area contributed by atoms with E-state index in [1.165, 1.54) is 44.5 Å². The molecule has 0 nitrogen and oxygen atoms in total. The van der Waals surface area contributed by atoms with Crippen LogP contribution in [0.25, 0.3) is 11.1 Å². The molecule has 0 fully saturated rings. The van der Waals surface area contributed by atoms with Crippen LogP contribution < -0.4 is 0 Å². The van der Waals surface area contributed by atoms with Crippen molar-refractivity contribution in [3.63, 3.8) is 0 Å². The molecule has 0 saturated heterocycles. The Morgan fingerprint density at radius 2 is 1.64 bits per heavy atom. The molecule has 0 heteroatoms. The molecule has 0 spiro atoms. The van der Waals surface area contributed by atoms with Gasteiger partial charge < -0.3 is 0 Å². The molecule has 3 aromatic rings. The van der Waals surface area contributed by atoms with Gasteiger partial charge in [0.15, 0.2) is 0 Å². The molecule has 0 aliphatic heterocycles. The van der Waals surface area contributed by atoms with E-state index in [0.29, 0.717) is 0 Å². The predicted molar refractivity (Wildman–Crippen MR) is 121 cm³/mol. The molecule has 140 valence electrons. The van der Waals surface area contributed by atoms with E-state index in [1.807, 2.05) is 0 Å². The van der Waals surface area contributed by atoms with Crippen molar-refractivity contribution in [3.8, 4) is 0 Å². The van der Waals surface area contributed by atoms with Gasteiger partial charge in [-0.05, 0) is 76.6 Å². The van der Waals surface area contributed by atoms with Gasteiger partial charge in [0.2, 0.25) is 0 Å². The highest BCUT2D eigenvalue weighted by molar-refractivity contribution is 5.74. The minimum Gasteiger partial charge on any atom is -0.0952 e. The number of aryl methyl sites for hydroxylation is 1. The second-order valence-electron chi connectivity index (χ2n) is 7.70. The van der Waals surface area contributed by atoms with Gasteiger partial charge in [0, 0.05) is 0 Å². The third kappa shape index (κ3) is 4.02. The highest BCUT2D eigenvalue weighted by atomic mass is 14.2. The van der Waals surface area contributed by atoms with Crippen molar-refractivity contribution in [1.29, 1.82) is 0 Å². The second kappa shape index (κ2) is 8.44. The lowest BCUT2D eigenvalue weighted by Crippen LogP contribution is -1.96. The molecule has 0 amide bonds. The maximum atomic E-state index is 4.25. The summed E-state index contributed by atoms with van der Waals surface area (Å²) in [6.45, 7) is 6.43. The number of allylic oxidation sites excluding steroid dienone is 3. The zero-order valence-corrected chi connectivity index (χ0v) is 16.7. The van der Waals surface area contributed by atoms with Crippen molar-refractivity contribution in [1.82, 2.24) is 0 Å².